The summed E-state index contributed by atoms with van der Waals surface area (Å²) in [4.78, 5) is 1.69. The largest absolute Gasteiger partial charge is 0.380 e. The maximum Gasteiger partial charge on any atom is 0.257 e. The molecule has 0 aromatic heterocycles. The Balaban J connectivity index is 2.13. The van der Waals surface area contributed by atoms with E-state index >= 15 is 0 Å². The van der Waals surface area contributed by atoms with Gasteiger partial charge >= 0.3 is 0 Å². The molecule has 184 valence electrons. The van der Waals surface area contributed by atoms with Crippen LogP contribution in [0.3, 0.4) is 0 Å². The predicted molar refractivity (Wildman–Crippen MR) is 108 cm³/mol. The van der Waals surface area contributed by atoms with Crippen molar-refractivity contribution < 1.29 is 43.9 Å². The van der Waals surface area contributed by atoms with Crippen LogP contribution in [0.25, 0.3) is 0 Å². The van der Waals surface area contributed by atoms with Crippen LogP contribution in [-0.4, -0.2) is 25.7 Å². The molecule has 2 aliphatic rings. The number of fused-ring (bicyclic) bond motifs is 1. The third kappa shape index (κ3) is 3.56. The van der Waals surface area contributed by atoms with Gasteiger partial charge in [0, 0.05) is 30.7 Å². The van der Waals surface area contributed by atoms with Crippen LogP contribution in [0.5, 0.6) is 0 Å². The lowest BCUT2D eigenvalue weighted by Crippen LogP contribution is -2.52. The van der Waals surface area contributed by atoms with E-state index in [1.807, 2.05) is 0 Å². The lowest BCUT2D eigenvalue weighted by molar-refractivity contribution is 0.382. The molecule has 1 unspecified atom stereocenters. The second kappa shape index (κ2) is 8.49. The molecule has 1 nitrogen and oxygen atoms in total. The van der Waals surface area contributed by atoms with Gasteiger partial charge in [-0.15, -0.1) is 0 Å². The van der Waals surface area contributed by atoms with Gasteiger partial charge in [-0.05, 0) is 23.5 Å². The first-order valence-corrected chi connectivity index (χ1v) is 10.2. The third-order valence-corrected chi connectivity index (χ3v) is 6.22. The van der Waals surface area contributed by atoms with Crippen molar-refractivity contribution in [3.63, 3.8) is 0 Å². The minimum Gasteiger partial charge on any atom is -0.380 e. The molecule has 1 atom stereocenters. The lowest BCUT2D eigenvalue weighted by atomic mass is 9.35. The third-order valence-electron chi connectivity index (χ3n) is 6.22. The molecule has 0 fully saturated rings. The lowest BCUT2D eigenvalue weighted by Gasteiger charge is -2.20. The van der Waals surface area contributed by atoms with Crippen molar-refractivity contribution in [3.8, 4) is 0 Å². The van der Waals surface area contributed by atoms with Crippen LogP contribution < -0.4 is 10.9 Å². The highest BCUT2D eigenvalue weighted by atomic mass is 19.2. The van der Waals surface area contributed by atoms with Crippen molar-refractivity contribution in [1.29, 1.82) is 0 Å². The van der Waals surface area contributed by atoms with Crippen molar-refractivity contribution in [2.75, 3.05) is 14.1 Å². The van der Waals surface area contributed by atoms with Gasteiger partial charge in [0.1, 0.15) is 0 Å². The van der Waals surface area contributed by atoms with Crippen LogP contribution in [0.15, 0.2) is 34.5 Å². The number of allylic oxidation sites excluding steroid dienone is 6. The zero-order valence-electron chi connectivity index (χ0n) is 18.2. The first kappa shape index (κ1) is 24.9. The summed E-state index contributed by atoms with van der Waals surface area (Å²) in [5.74, 6) is -24.8. The summed E-state index contributed by atoms with van der Waals surface area (Å²) in [6, 6.07) is 0. The smallest absolute Gasteiger partial charge is 0.257 e. The molecular formula is C23H14BF10N. The van der Waals surface area contributed by atoms with Gasteiger partial charge < -0.3 is 4.90 Å². The fourth-order valence-electron chi connectivity index (χ4n) is 4.54. The van der Waals surface area contributed by atoms with E-state index in [1.165, 1.54) is 12.2 Å². The van der Waals surface area contributed by atoms with E-state index in [-0.39, 0.29) is 5.92 Å². The molecule has 2 aliphatic carbocycles. The minimum atomic E-state index is -2.55. The van der Waals surface area contributed by atoms with Gasteiger partial charge in [-0.1, -0.05) is 24.5 Å². The first-order chi connectivity index (χ1) is 16.3. The van der Waals surface area contributed by atoms with E-state index in [1.54, 1.807) is 25.9 Å². The molecule has 2 aromatic carbocycles. The molecule has 0 amide bonds. The number of benzene rings is 2. The zero-order chi connectivity index (χ0) is 26.1. The van der Waals surface area contributed by atoms with Crippen molar-refractivity contribution >= 4 is 17.6 Å². The molecule has 12 heteroatoms. The summed E-state index contributed by atoms with van der Waals surface area (Å²) >= 11 is 0. The predicted octanol–water partition coefficient (Wildman–Crippen LogP) is 4.95. The molecule has 0 heterocycles. The highest BCUT2D eigenvalue weighted by Crippen LogP contribution is 2.43. The molecule has 0 bridgehead atoms. The van der Waals surface area contributed by atoms with E-state index in [9.17, 15) is 43.9 Å². The van der Waals surface area contributed by atoms with Gasteiger partial charge in [0.05, 0.1) is 0 Å². The van der Waals surface area contributed by atoms with E-state index < -0.39 is 81.3 Å². The molecular weight excluding hydrogens is 491 g/mol. The minimum absolute atomic E-state index is 0.218. The van der Waals surface area contributed by atoms with Gasteiger partial charge in [0.25, 0.3) is 6.71 Å². The molecule has 0 N–H and O–H groups in total. The summed E-state index contributed by atoms with van der Waals surface area (Å²) < 4.78 is 143. The summed E-state index contributed by atoms with van der Waals surface area (Å²) in [6.07, 6.45) is 2.90. The fourth-order valence-corrected chi connectivity index (χ4v) is 4.54. The molecule has 0 aliphatic heterocycles. The van der Waals surface area contributed by atoms with Crippen molar-refractivity contribution in [1.82, 2.24) is 4.90 Å². The highest BCUT2D eigenvalue weighted by molar-refractivity contribution is 6.91. The van der Waals surface area contributed by atoms with Crippen LogP contribution in [-0.2, 0) is 0 Å². The normalized spacial score (nSPS) is 17.1. The summed E-state index contributed by atoms with van der Waals surface area (Å²) in [5.41, 5.74) is -2.24. The maximum absolute atomic E-state index is 14.8. The van der Waals surface area contributed by atoms with Gasteiger partial charge in [-0.25, -0.2) is 43.9 Å². The Kier molecular flexibility index (Phi) is 6.05. The molecule has 4 rings (SSSR count). The molecule has 0 radical (unpaired) electrons. The summed E-state index contributed by atoms with van der Waals surface area (Å²) in [7, 11) is 3.35. The number of hydrogen-bond donors (Lipinski definition) is 0. The van der Waals surface area contributed by atoms with Crippen molar-refractivity contribution in [2.45, 2.75) is 13.3 Å². The van der Waals surface area contributed by atoms with E-state index in [0.29, 0.717) is 23.3 Å². The van der Waals surface area contributed by atoms with Crippen LogP contribution in [0.1, 0.15) is 13.3 Å². The average molecular weight is 505 g/mol. The Morgan fingerprint density at radius 1 is 0.629 bits per heavy atom. The van der Waals surface area contributed by atoms with Crippen LogP contribution in [0.4, 0.5) is 43.9 Å². The van der Waals surface area contributed by atoms with Gasteiger partial charge in [-0.2, -0.15) is 0 Å². The average Bonchev–Trinajstić information content (AvgIpc) is 3.38. The highest BCUT2D eigenvalue weighted by Gasteiger charge is 2.43. The molecule has 2 aromatic rings. The molecule has 0 saturated carbocycles. The molecule has 0 spiro atoms. The second-order valence-corrected chi connectivity index (χ2v) is 8.50. The summed E-state index contributed by atoms with van der Waals surface area (Å²) in [5, 5.41) is 0. The maximum atomic E-state index is 14.8. The zero-order valence-corrected chi connectivity index (χ0v) is 18.2. The number of hydrogen-bond acceptors (Lipinski definition) is 1. The number of halogens is 10. The summed E-state index contributed by atoms with van der Waals surface area (Å²) in [6.45, 7) is -0.796. The molecule has 35 heavy (non-hydrogen) atoms. The number of rotatable bonds is 4. The van der Waals surface area contributed by atoms with E-state index in [2.05, 4.69) is 0 Å². The fraction of sp³-hybridized carbons (Fsp3) is 0.217. The van der Waals surface area contributed by atoms with Crippen LogP contribution >= 0.6 is 0 Å². The van der Waals surface area contributed by atoms with E-state index in [4.69, 9.17) is 0 Å². The van der Waals surface area contributed by atoms with Crippen LogP contribution in [0.2, 0.25) is 0 Å². The van der Waals surface area contributed by atoms with Crippen molar-refractivity contribution in [2.24, 2.45) is 5.92 Å². The Morgan fingerprint density at radius 3 is 1.37 bits per heavy atom. The monoisotopic (exact) mass is 505 g/mol. The number of nitrogens with zero attached hydrogens (tertiary/aromatic N) is 1. The Labute approximate surface area is 193 Å². The van der Waals surface area contributed by atoms with Gasteiger partial charge in [0.15, 0.2) is 58.2 Å². The molecule has 0 saturated heterocycles. The van der Waals surface area contributed by atoms with Gasteiger partial charge in [0.2, 0.25) is 0 Å². The topological polar surface area (TPSA) is 3.24 Å². The quantitative estimate of drug-likeness (QED) is 0.246. The Bertz CT molecular complexity index is 1250. The SMILES string of the molecule is CC1CC(N(C)C)=C2C=C(B(c3c(F)c(F)c(F)c(F)c3F)c3c(F)c(F)c(F)c(F)c3F)C=C21. The Hall–Kier alpha value is -3.18. The standard InChI is InChI=1S/C23H14BF10N/c1-7-4-11(35(2)3)10-6-8(5-9(7)10)24(12-14(25)18(29)22(33)19(30)15(12)26)13-16(27)20(31)23(34)21(32)17(13)28/h5-7H,4H2,1-3H3. The van der Waals surface area contributed by atoms with Gasteiger partial charge in [-0.3, -0.25) is 0 Å². The van der Waals surface area contributed by atoms with E-state index in [0.717, 1.165) is 0 Å². The second-order valence-electron chi connectivity index (χ2n) is 8.50. The first-order valence-electron chi connectivity index (χ1n) is 10.2. The Morgan fingerprint density at radius 2 is 1.00 bits per heavy atom. The van der Waals surface area contributed by atoms with Crippen molar-refractivity contribution in [3.05, 3.63) is 92.6 Å². The van der Waals surface area contributed by atoms with Crippen LogP contribution in [0, 0.1) is 64.1 Å².